The third kappa shape index (κ3) is 4.98. The van der Waals surface area contributed by atoms with E-state index in [1.165, 1.54) is 23.2 Å². The van der Waals surface area contributed by atoms with Gasteiger partial charge in [0.05, 0.1) is 16.6 Å². The molecular formula is C24H24F4N6O2. The van der Waals surface area contributed by atoms with Crippen molar-refractivity contribution in [2.45, 2.75) is 43.9 Å². The van der Waals surface area contributed by atoms with Crippen molar-refractivity contribution >= 4 is 28.5 Å². The van der Waals surface area contributed by atoms with Gasteiger partial charge in [0, 0.05) is 36.8 Å². The molecule has 36 heavy (non-hydrogen) atoms. The molecule has 2 fully saturated rings. The minimum Gasteiger partial charge on any atom is -0.367 e. The van der Waals surface area contributed by atoms with Crippen LogP contribution in [0.2, 0.25) is 0 Å². The topological polar surface area (TPSA) is 92.2 Å². The number of hydrogen-bond acceptors (Lipinski definition) is 5. The van der Waals surface area contributed by atoms with Crippen LogP contribution >= 0.6 is 0 Å². The fraction of sp³-hybridized carbons (Fsp3) is 0.417. The number of pyridine rings is 1. The molecule has 190 valence electrons. The molecule has 0 unspecified atom stereocenters. The number of amides is 2. The first kappa shape index (κ1) is 24.0. The van der Waals surface area contributed by atoms with E-state index >= 15 is 0 Å². The summed E-state index contributed by atoms with van der Waals surface area (Å²) in [7, 11) is 0. The van der Waals surface area contributed by atoms with Crippen molar-refractivity contribution < 1.29 is 27.2 Å². The van der Waals surface area contributed by atoms with E-state index in [-0.39, 0.29) is 17.2 Å². The molecule has 5 rings (SSSR count). The second-order valence-electron chi connectivity index (χ2n) is 9.18. The largest absolute Gasteiger partial charge is 0.405 e. The van der Waals surface area contributed by atoms with Crippen LogP contribution < -0.4 is 10.6 Å². The number of likely N-dealkylation sites (tertiary alicyclic amines) is 1. The van der Waals surface area contributed by atoms with Gasteiger partial charge in [0.2, 0.25) is 5.91 Å². The summed E-state index contributed by atoms with van der Waals surface area (Å²) in [6.07, 6.45) is 0.377. The molecule has 1 aliphatic heterocycles. The predicted molar refractivity (Wildman–Crippen MR) is 123 cm³/mol. The Hall–Kier alpha value is -3.70. The molecule has 2 N–H and O–H groups in total. The number of hydrogen-bond donors (Lipinski definition) is 2. The molecule has 0 radical (unpaired) electrons. The highest BCUT2D eigenvalue weighted by Crippen LogP contribution is 2.34. The third-order valence-electron chi connectivity index (χ3n) is 6.55. The van der Waals surface area contributed by atoms with Crippen molar-refractivity contribution in [2.75, 3.05) is 25.0 Å². The average Bonchev–Trinajstić information content (AvgIpc) is 3.13. The Morgan fingerprint density at radius 1 is 1.14 bits per heavy atom. The van der Waals surface area contributed by atoms with E-state index in [2.05, 4.69) is 15.4 Å². The van der Waals surface area contributed by atoms with Crippen molar-refractivity contribution in [3.8, 4) is 0 Å². The number of aromatic nitrogens is 3. The predicted octanol–water partition coefficient (Wildman–Crippen LogP) is 3.45. The summed E-state index contributed by atoms with van der Waals surface area (Å²) in [5, 5.41) is 9.68. The van der Waals surface area contributed by atoms with Crippen LogP contribution in [0.3, 0.4) is 0 Å². The van der Waals surface area contributed by atoms with Crippen LogP contribution in [0, 0.1) is 5.82 Å². The van der Waals surface area contributed by atoms with E-state index in [9.17, 15) is 27.2 Å². The van der Waals surface area contributed by atoms with Gasteiger partial charge in [-0.25, -0.2) is 9.37 Å². The smallest absolute Gasteiger partial charge is 0.367 e. The molecule has 2 aliphatic rings. The van der Waals surface area contributed by atoms with Gasteiger partial charge in [0.15, 0.2) is 0 Å². The molecule has 2 amide bonds. The lowest BCUT2D eigenvalue weighted by Crippen LogP contribution is -2.48. The van der Waals surface area contributed by atoms with Crippen LogP contribution in [0.15, 0.2) is 36.5 Å². The highest BCUT2D eigenvalue weighted by molar-refractivity contribution is 5.95. The molecule has 1 saturated carbocycles. The van der Waals surface area contributed by atoms with Crippen LogP contribution in [0.1, 0.15) is 41.2 Å². The molecule has 2 aromatic heterocycles. The van der Waals surface area contributed by atoms with E-state index in [1.807, 2.05) is 0 Å². The minimum atomic E-state index is -4.54. The van der Waals surface area contributed by atoms with Gasteiger partial charge in [-0.15, -0.1) is 0 Å². The van der Waals surface area contributed by atoms with E-state index in [1.54, 1.807) is 34.6 Å². The maximum atomic E-state index is 14.7. The molecule has 1 saturated heterocycles. The van der Waals surface area contributed by atoms with Crippen LogP contribution in [0.4, 0.5) is 23.4 Å². The Balaban J connectivity index is 1.29. The standard InChI is InChI=1S/C24H24F4N6O2/c25-17-5-2-6-18-21(17)22(32-34(18)12-20(35)30-13-24(26,27)28)15-10-33(11-15)23(36)14-7-8-29-19(9-14)31-16-3-1-4-16/h2,5-9,15-16H,1,3-4,10-13H2,(H,29,31)(H,30,35). The summed E-state index contributed by atoms with van der Waals surface area (Å²) < 4.78 is 53.2. The molecule has 3 heterocycles. The highest BCUT2D eigenvalue weighted by atomic mass is 19.4. The number of anilines is 1. The Kier molecular flexibility index (Phi) is 6.27. The summed E-state index contributed by atoms with van der Waals surface area (Å²) in [4.78, 5) is 30.9. The lowest BCUT2D eigenvalue weighted by atomic mass is 9.92. The summed E-state index contributed by atoms with van der Waals surface area (Å²) in [5.41, 5.74) is 1.17. The summed E-state index contributed by atoms with van der Waals surface area (Å²) in [5.74, 6) is -1.24. The van der Waals surface area contributed by atoms with Gasteiger partial charge in [0.1, 0.15) is 24.7 Å². The maximum Gasteiger partial charge on any atom is 0.405 e. The fourth-order valence-corrected chi connectivity index (χ4v) is 4.42. The summed E-state index contributed by atoms with van der Waals surface area (Å²) >= 11 is 0. The summed E-state index contributed by atoms with van der Waals surface area (Å²) in [6.45, 7) is -1.35. The van der Waals surface area contributed by atoms with Gasteiger partial charge < -0.3 is 15.5 Å². The minimum absolute atomic E-state index is 0.180. The first-order valence-electron chi connectivity index (χ1n) is 11.7. The van der Waals surface area contributed by atoms with Crippen LogP contribution in [0.5, 0.6) is 0 Å². The number of halogens is 4. The maximum absolute atomic E-state index is 14.7. The van der Waals surface area contributed by atoms with Gasteiger partial charge >= 0.3 is 6.18 Å². The highest BCUT2D eigenvalue weighted by Gasteiger charge is 2.36. The Morgan fingerprint density at radius 3 is 2.61 bits per heavy atom. The number of fused-ring (bicyclic) bond motifs is 1. The first-order valence-corrected chi connectivity index (χ1v) is 11.7. The molecule has 0 spiro atoms. The lowest BCUT2D eigenvalue weighted by Gasteiger charge is -2.38. The van der Waals surface area contributed by atoms with Crippen molar-refractivity contribution in [1.29, 1.82) is 0 Å². The van der Waals surface area contributed by atoms with E-state index in [0.717, 1.165) is 12.8 Å². The zero-order valence-corrected chi connectivity index (χ0v) is 19.2. The third-order valence-corrected chi connectivity index (χ3v) is 6.55. The molecule has 8 nitrogen and oxygen atoms in total. The number of carbonyl (C=O) groups is 2. The normalized spacial score (nSPS) is 16.5. The van der Waals surface area contributed by atoms with Gasteiger partial charge in [-0.2, -0.15) is 18.3 Å². The number of nitrogens with zero attached hydrogens (tertiary/aromatic N) is 4. The Bertz CT molecular complexity index is 1300. The van der Waals surface area contributed by atoms with E-state index < -0.39 is 31.0 Å². The Morgan fingerprint density at radius 2 is 1.92 bits per heavy atom. The van der Waals surface area contributed by atoms with Crippen molar-refractivity contribution in [1.82, 2.24) is 25.0 Å². The van der Waals surface area contributed by atoms with Gasteiger partial charge in [-0.3, -0.25) is 14.3 Å². The summed E-state index contributed by atoms with van der Waals surface area (Å²) in [6, 6.07) is 8.01. The van der Waals surface area contributed by atoms with Crippen LogP contribution in [0.25, 0.3) is 10.9 Å². The van der Waals surface area contributed by atoms with Gasteiger partial charge in [-0.05, 0) is 43.5 Å². The number of nitrogens with one attached hydrogen (secondary N) is 2. The lowest BCUT2D eigenvalue weighted by molar-refractivity contribution is -0.138. The first-order chi connectivity index (χ1) is 17.2. The molecule has 0 atom stereocenters. The molecule has 1 aromatic carbocycles. The Labute approximate surface area is 203 Å². The van der Waals surface area contributed by atoms with Crippen LogP contribution in [-0.2, 0) is 11.3 Å². The molecular weight excluding hydrogens is 480 g/mol. The number of benzene rings is 1. The van der Waals surface area contributed by atoms with Gasteiger partial charge in [-0.1, -0.05) is 6.07 Å². The zero-order valence-electron chi connectivity index (χ0n) is 19.2. The molecule has 12 heteroatoms. The van der Waals surface area contributed by atoms with Crippen molar-refractivity contribution in [3.63, 3.8) is 0 Å². The number of rotatable bonds is 7. The second-order valence-corrected chi connectivity index (χ2v) is 9.18. The van der Waals surface area contributed by atoms with Gasteiger partial charge in [0.25, 0.3) is 5.91 Å². The van der Waals surface area contributed by atoms with Crippen molar-refractivity contribution in [3.05, 3.63) is 53.6 Å². The number of carbonyl (C=O) groups excluding carboxylic acids is 2. The van der Waals surface area contributed by atoms with E-state index in [0.29, 0.717) is 41.7 Å². The quantitative estimate of drug-likeness (QED) is 0.481. The molecule has 0 bridgehead atoms. The zero-order chi connectivity index (χ0) is 25.4. The molecule has 3 aromatic rings. The van der Waals surface area contributed by atoms with Crippen molar-refractivity contribution in [2.24, 2.45) is 0 Å². The monoisotopic (exact) mass is 504 g/mol. The van der Waals surface area contributed by atoms with E-state index in [4.69, 9.17) is 0 Å². The average molecular weight is 504 g/mol. The second kappa shape index (κ2) is 9.40. The SMILES string of the molecule is O=C(Cn1nc(C2CN(C(=O)c3ccnc(NC4CCC4)c3)C2)c2c(F)cccc21)NCC(F)(F)F. The molecule has 1 aliphatic carbocycles. The fourth-order valence-electron chi connectivity index (χ4n) is 4.42. The number of alkyl halides is 3. The van der Waals surface area contributed by atoms with Crippen LogP contribution in [-0.4, -0.2) is 63.3 Å².